The summed E-state index contributed by atoms with van der Waals surface area (Å²) in [5.41, 5.74) is 0. The maximum Gasteiger partial charge on any atom is -0.00620 e. The molecule has 1 unspecified atom stereocenters. The molecule has 0 radical (unpaired) electrons. The van der Waals surface area contributed by atoms with Gasteiger partial charge in [-0.1, -0.05) is 18.7 Å². The van der Waals surface area contributed by atoms with Crippen LogP contribution in [0.2, 0.25) is 0 Å². The van der Waals surface area contributed by atoms with Crippen molar-refractivity contribution in [3.05, 3.63) is 11.5 Å². The van der Waals surface area contributed by atoms with Gasteiger partial charge >= 0.3 is 0 Å². The first-order valence-electron chi connectivity index (χ1n) is 1.46. The van der Waals surface area contributed by atoms with E-state index < -0.39 is 0 Å². The molecule has 0 saturated heterocycles. The standard InChI is InChI=1S/C3H3BrS2/c4-6-3-1-2-5-6/h1-3H. The molecule has 0 aromatic carbocycles. The van der Waals surface area contributed by atoms with Gasteiger partial charge in [0.1, 0.15) is 0 Å². The molecule has 0 amide bonds. The minimum absolute atomic E-state index is 0.320. The monoisotopic (exact) mass is 182 g/mol. The molecule has 3 heteroatoms. The molecular weight excluding hydrogens is 180 g/mol. The summed E-state index contributed by atoms with van der Waals surface area (Å²) in [6.45, 7) is 0. The lowest BCUT2D eigenvalue weighted by molar-refractivity contribution is 2.50. The Bertz CT molecular complexity index is 105. The molecule has 1 atom stereocenters. The highest BCUT2D eigenvalue weighted by atomic mass is 79.9. The van der Waals surface area contributed by atoms with E-state index in [4.69, 9.17) is 0 Å². The summed E-state index contributed by atoms with van der Waals surface area (Å²) in [5.74, 6) is 0. The Morgan fingerprint density at radius 2 is 2.50 bits per heavy atom. The molecule has 1 heterocycles. The van der Waals surface area contributed by atoms with Crippen molar-refractivity contribution in [3.63, 3.8) is 0 Å². The Balaban J connectivity index is 2.61. The average Bonchev–Trinajstić information content (AvgIpc) is 1.86. The molecule has 0 aliphatic carbocycles. The summed E-state index contributed by atoms with van der Waals surface area (Å²) in [5, 5.41) is 4.21. The Kier molecular flexibility index (Phi) is 1.80. The molecule has 34 valence electrons. The lowest BCUT2D eigenvalue weighted by atomic mass is 10.8. The van der Waals surface area contributed by atoms with Gasteiger partial charge in [0.25, 0.3) is 0 Å². The first kappa shape index (κ1) is 4.94. The zero-order valence-electron chi connectivity index (χ0n) is 2.93. The van der Waals surface area contributed by atoms with Gasteiger partial charge in [-0.15, -0.1) is 0 Å². The number of rotatable bonds is 0. The predicted octanol–water partition coefficient (Wildman–Crippen LogP) is 2.54. The quantitative estimate of drug-likeness (QED) is 0.410. The third-order valence-corrected chi connectivity index (χ3v) is 4.47. The van der Waals surface area contributed by atoms with E-state index in [9.17, 15) is 0 Å². The second kappa shape index (κ2) is 2.19. The van der Waals surface area contributed by atoms with Crippen molar-refractivity contribution in [1.29, 1.82) is 0 Å². The van der Waals surface area contributed by atoms with Crippen molar-refractivity contribution in [2.45, 2.75) is 0 Å². The van der Waals surface area contributed by atoms with Crippen LogP contribution in [0.15, 0.2) is 11.5 Å². The summed E-state index contributed by atoms with van der Waals surface area (Å²) in [6.07, 6.45) is 2.06. The van der Waals surface area contributed by atoms with Crippen LogP contribution in [0.3, 0.4) is 0 Å². The Labute approximate surface area is 50.5 Å². The molecule has 1 aliphatic rings. The third-order valence-electron chi connectivity index (χ3n) is 0.412. The third kappa shape index (κ3) is 1.13. The molecule has 0 spiro atoms. The lowest BCUT2D eigenvalue weighted by Crippen LogP contribution is -1.40. The molecule has 0 fully saturated rings. The first-order chi connectivity index (χ1) is 2.89. The molecule has 0 aromatic heterocycles. The van der Waals surface area contributed by atoms with E-state index in [1.54, 1.807) is 10.8 Å². The fourth-order valence-corrected chi connectivity index (χ4v) is 2.89. The van der Waals surface area contributed by atoms with Crippen molar-refractivity contribution in [3.8, 4) is 0 Å². The van der Waals surface area contributed by atoms with Crippen molar-refractivity contribution < 1.29 is 0 Å². The smallest absolute Gasteiger partial charge is 0.00620 e. The van der Waals surface area contributed by atoms with Crippen LogP contribution in [0.5, 0.6) is 0 Å². The van der Waals surface area contributed by atoms with Gasteiger partial charge in [0, 0.05) is 0 Å². The maximum atomic E-state index is 3.41. The van der Waals surface area contributed by atoms with Crippen LogP contribution in [-0.4, -0.2) is 5.37 Å². The van der Waals surface area contributed by atoms with Gasteiger partial charge in [0.2, 0.25) is 0 Å². The molecule has 1 aliphatic heterocycles. The fraction of sp³-hybridized carbons (Fsp3) is 0. The maximum absolute atomic E-state index is 3.41. The number of allylic oxidation sites excluding steroid dienone is 1. The van der Waals surface area contributed by atoms with Gasteiger partial charge in [0.15, 0.2) is 0 Å². The van der Waals surface area contributed by atoms with Gasteiger partial charge in [-0.2, -0.15) is 0 Å². The SMILES string of the molecule is BrS1=CC=CS1. The van der Waals surface area contributed by atoms with Gasteiger partial charge in [-0.05, 0) is 31.7 Å². The summed E-state index contributed by atoms with van der Waals surface area (Å²) in [6, 6.07) is 0. The van der Waals surface area contributed by atoms with E-state index in [-0.39, 0.29) is 0 Å². The molecule has 0 N–H and O–H groups in total. The van der Waals surface area contributed by atoms with Crippen LogP contribution in [0, 0.1) is 0 Å². The lowest BCUT2D eigenvalue weighted by Gasteiger charge is -1.78. The van der Waals surface area contributed by atoms with Gasteiger partial charge in [-0.3, -0.25) is 0 Å². The summed E-state index contributed by atoms with van der Waals surface area (Å²) in [4.78, 5) is 0. The van der Waals surface area contributed by atoms with E-state index in [0.717, 1.165) is 0 Å². The fourth-order valence-electron chi connectivity index (χ4n) is 0.211. The Hall–Kier alpha value is 0.790. The van der Waals surface area contributed by atoms with E-state index in [0.29, 0.717) is 7.95 Å². The molecular formula is C3H3BrS2. The van der Waals surface area contributed by atoms with Crippen LogP contribution in [0.1, 0.15) is 0 Å². The molecule has 6 heavy (non-hydrogen) atoms. The van der Waals surface area contributed by atoms with Crippen molar-refractivity contribution in [2.75, 3.05) is 0 Å². The number of hydrogen-bond acceptors (Lipinski definition) is 1. The average molecular weight is 183 g/mol. The number of halogens is 1. The van der Waals surface area contributed by atoms with Crippen LogP contribution < -0.4 is 0 Å². The minimum Gasteiger partial charge on any atom is -0.0609 e. The highest BCUT2D eigenvalue weighted by Crippen LogP contribution is 2.40. The summed E-state index contributed by atoms with van der Waals surface area (Å²) >= 11 is 3.41. The van der Waals surface area contributed by atoms with Crippen LogP contribution in [-0.2, 0) is 0 Å². The summed E-state index contributed by atoms with van der Waals surface area (Å²) in [7, 11) is 2.13. The molecule has 0 bridgehead atoms. The minimum atomic E-state index is 0.320. The van der Waals surface area contributed by atoms with Gasteiger partial charge < -0.3 is 0 Å². The van der Waals surface area contributed by atoms with E-state index in [1.807, 2.05) is 0 Å². The van der Waals surface area contributed by atoms with Crippen molar-refractivity contribution >= 4 is 38.9 Å². The van der Waals surface area contributed by atoms with Gasteiger partial charge in [-0.25, -0.2) is 0 Å². The Morgan fingerprint density at radius 3 is 2.67 bits per heavy atom. The second-order valence-corrected chi connectivity index (χ2v) is 7.08. The van der Waals surface area contributed by atoms with E-state index in [1.165, 1.54) is 0 Å². The normalized spacial score (nSPS) is 30.5. The van der Waals surface area contributed by atoms with E-state index in [2.05, 4.69) is 31.7 Å². The summed E-state index contributed by atoms with van der Waals surface area (Å²) < 4.78 is 0. The molecule has 0 aromatic rings. The largest absolute Gasteiger partial charge is 0.0609 e. The van der Waals surface area contributed by atoms with E-state index >= 15 is 0 Å². The van der Waals surface area contributed by atoms with Crippen molar-refractivity contribution in [2.24, 2.45) is 0 Å². The van der Waals surface area contributed by atoms with Crippen LogP contribution >= 0.6 is 33.6 Å². The first-order valence-corrected chi connectivity index (χ1v) is 5.99. The highest BCUT2D eigenvalue weighted by Gasteiger charge is 1.87. The second-order valence-electron chi connectivity index (χ2n) is 0.809. The molecule has 0 saturated carbocycles. The topological polar surface area (TPSA) is 0 Å². The number of hydrogen-bond donors (Lipinski definition) is 0. The molecule has 1 rings (SSSR count). The van der Waals surface area contributed by atoms with Gasteiger partial charge in [0.05, 0.1) is 0 Å². The zero-order valence-corrected chi connectivity index (χ0v) is 6.15. The predicted molar refractivity (Wildman–Crippen MR) is 39.3 cm³/mol. The Morgan fingerprint density at radius 1 is 1.67 bits per heavy atom. The zero-order chi connectivity index (χ0) is 4.41. The molecule has 0 nitrogen and oxygen atoms in total. The van der Waals surface area contributed by atoms with Crippen molar-refractivity contribution in [1.82, 2.24) is 0 Å². The highest BCUT2D eigenvalue weighted by molar-refractivity contribution is 9.64. The van der Waals surface area contributed by atoms with Crippen LogP contribution in [0.4, 0.5) is 0 Å². The van der Waals surface area contributed by atoms with Crippen LogP contribution in [0.25, 0.3) is 0 Å².